The summed E-state index contributed by atoms with van der Waals surface area (Å²) < 4.78 is 3.56. The molecule has 1 aliphatic heterocycles. The van der Waals surface area contributed by atoms with Gasteiger partial charge in [-0.05, 0) is 58.6 Å². The number of hydrogen-bond acceptors (Lipinski definition) is 5. The number of hydrogen-bond donors (Lipinski definition) is 2. The minimum Gasteiger partial charge on any atom is -0.366 e. The van der Waals surface area contributed by atoms with Gasteiger partial charge in [0, 0.05) is 54.2 Å². The van der Waals surface area contributed by atoms with Crippen molar-refractivity contribution in [3.8, 4) is 0 Å². The zero-order valence-corrected chi connectivity index (χ0v) is 21.5. The Morgan fingerprint density at radius 3 is 2.88 bits per heavy atom. The lowest BCUT2D eigenvalue weighted by Crippen LogP contribution is -2.41. The van der Waals surface area contributed by atoms with Crippen molar-refractivity contribution < 1.29 is 4.79 Å². The first-order chi connectivity index (χ1) is 16.6. The Morgan fingerprint density at radius 2 is 2.06 bits per heavy atom. The molecule has 1 aliphatic rings. The Morgan fingerprint density at radius 1 is 1.15 bits per heavy atom. The van der Waals surface area contributed by atoms with Gasteiger partial charge < -0.3 is 15.5 Å². The number of aromatic nitrogens is 4. The van der Waals surface area contributed by atoms with E-state index in [1.54, 1.807) is 16.9 Å². The van der Waals surface area contributed by atoms with Crippen LogP contribution in [0, 0.1) is 0 Å². The maximum absolute atomic E-state index is 12.9. The molecule has 1 atom stereocenters. The SMILES string of the molecule is O=C(Nc1cccc(Br)c1)N1CCCC(c2cc(NCc3cccnc3)n3ncc(Br)c3n2)C1. The van der Waals surface area contributed by atoms with Crippen LogP contribution in [0.5, 0.6) is 0 Å². The van der Waals surface area contributed by atoms with Crippen molar-refractivity contribution in [3.05, 3.63) is 81.3 Å². The van der Waals surface area contributed by atoms with Gasteiger partial charge in [0.25, 0.3) is 0 Å². The summed E-state index contributed by atoms with van der Waals surface area (Å²) in [7, 11) is 0. The standard InChI is InChI=1S/C24H23Br2N7O/c25-18-6-1-7-19(10-18)30-24(34)32-9-3-5-17(15-32)21-11-22(28-13-16-4-2-8-27-12-16)33-23(31-21)20(26)14-29-33/h1-2,4,6-8,10-12,14,17,28H,3,5,9,13,15H2,(H,30,34). The molecule has 2 N–H and O–H groups in total. The van der Waals surface area contributed by atoms with Gasteiger partial charge in [0.1, 0.15) is 5.82 Å². The minimum atomic E-state index is -0.0932. The Hall–Kier alpha value is -2.98. The fourth-order valence-electron chi connectivity index (χ4n) is 4.16. The third-order valence-corrected chi connectivity index (χ3v) is 6.90. The summed E-state index contributed by atoms with van der Waals surface area (Å²) in [6.07, 6.45) is 7.24. The quantitative estimate of drug-likeness (QED) is 0.315. The Balaban J connectivity index is 1.36. The zero-order valence-electron chi connectivity index (χ0n) is 18.3. The second kappa shape index (κ2) is 10.1. The minimum absolute atomic E-state index is 0.0932. The predicted molar refractivity (Wildman–Crippen MR) is 139 cm³/mol. The number of anilines is 2. The number of piperidine rings is 1. The molecule has 34 heavy (non-hydrogen) atoms. The van der Waals surface area contributed by atoms with Crippen molar-refractivity contribution in [2.24, 2.45) is 0 Å². The molecule has 0 bridgehead atoms. The molecular formula is C24H23Br2N7O. The van der Waals surface area contributed by atoms with E-state index in [-0.39, 0.29) is 11.9 Å². The Bertz CT molecular complexity index is 1310. The topological polar surface area (TPSA) is 87.5 Å². The highest BCUT2D eigenvalue weighted by atomic mass is 79.9. The van der Waals surface area contributed by atoms with Crippen molar-refractivity contribution in [3.63, 3.8) is 0 Å². The number of carbonyl (C=O) groups is 1. The zero-order chi connectivity index (χ0) is 23.5. The molecule has 1 unspecified atom stereocenters. The van der Waals surface area contributed by atoms with E-state index in [2.05, 4.69) is 52.6 Å². The second-order valence-corrected chi connectivity index (χ2v) is 10.0. The molecule has 8 nitrogen and oxygen atoms in total. The lowest BCUT2D eigenvalue weighted by atomic mass is 9.94. The molecule has 174 valence electrons. The van der Waals surface area contributed by atoms with Gasteiger partial charge in [-0.1, -0.05) is 28.1 Å². The maximum atomic E-state index is 12.9. The van der Waals surface area contributed by atoms with Crippen LogP contribution in [0.4, 0.5) is 16.3 Å². The van der Waals surface area contributed by atoms with E-state index in [1.807, 2.05) is 53.6 Å². The number of likely N-dealkylation sites (tertiary alicyclic amines) is 1. The number of pyridine rings is 1. The van der Waals surface area contributed by atoms with Crippen LogP contribution in [-0.4, -0.2) is 43.6 Å². The first kappa shape index (κ1) is 22.8. The molecule has 4 heterocycles. The summed E-state index contributed by atoms with van der Waals surface area (Å²) in [5.41, 5.74) is 3.55. The third-order valence-electron chi connectivity index (χ3n) is 5.85. The average molecular weight is 585 g/mol. The van der Waals surface area contributed by atoms with Crippen molar-refractivity contribution in [1.82, 2.24) is 24.5 Å². The number of carbonyl (C=O) groups excluding carboxylic acids is 1. The van der Waals surface area contributed by atoms with Gasteiger partial charge >= 0.3 is 6.03 Å². The van der Waals surface area contributed by atoms with Crippen LogP contribution in [-0.2, 0) is 6.54 Å². The van der Waals surface area contributed by atoms with Crippen LogP contribution >= 0.6 is 31.9 Å². The van der Waals surface area contributed by atoms with Crippen LogP contribution in [0.3, 0.4) is 0 Å². The summed E-state index contributed by atoms with van der Waals surface area (Å²) in [6.45, 7) is 1.95. The summed E-state index contributed by atoms with van der Waals surface area (Å²) in [5, 5.41) is 10.9. The van der Waals surface area contributed by atoms with Crippen LogP contribution in [0.1, 0.15) is 30.0 Å². The fraction of sp³-hybridized carbons (Fsp3) is 0.250. The van der Waals surface area contributed by atoms with Crippen molar-refractivity contribution >= 4 is 55.0 Å². The van der Waals surface area contributed by atoms with Crippen molar-refractivity contribution in [2.75, 3.05) is 23.7 Å². The highest BCUT2D eigenvalue weighted by Crippen LogP contribution is 2.30. The highest BCUT2D eigenvalue weighted by Gasteiger charge is 2.27. The first-order valence-electron chi connectivity index (χ1n) is 11.1. The third kappa shape index (κ3) is 5.07. The largest absolute Gasteiger partial charge is 0.366 e. The first-order valence-corrected chi connectivity index (χ1v) is 12.6. The monoisotopic (exact) mass is 583 g/mol. The van der Waals surface area contributed by atoms with Crippen LogP contribution in [0.15, 0.2) is 70.0 Å². The number of amides is 2. The van der Waals surface area contributed by atoms with Crippen molar-refractivity contribution in [1.29, 1.82) is 0 Å². The molecule has 10 heteroatoms. The van der Waals surface area contributed by atoms with Gasteiger partial charge in [-0.15, -0.1) is 0 Å². The average Bonchev–Trinajstić information content (AvgIpc) is 3.24. The van der Waals surface area contributed by atoms with E-state index in [1.165, 1.54) is 0 Å². The summed E-state index contributed by atoms with van der Waals surface area (Å²) in [6, 6.07) is 13.5. The van der Waals surface area contributed by atoms with Gasteiger partial charge in [-0.3, -0.25) is 4.98 Å². The molecule has 1 saturated heterocycles. The van der Waals surface area contributed by atoms with Gasteiger partial charge in [0.05, 0.1) is 16.4 Å². The number of benzene rings is 1. The normalized spacial score (nSPS) is 15.9. The number of halogens is 2. The number of nitrogens with zero attached hydrogens (tertiary/aromatic N) is 5. The maximum Gasteiger partial charge on any atom is 0.321 e. The Kier molecular flexibility index (Phi) is 6.77. The molecule has 0 saturated carbocycles. The van der Waals surface area contributed by atoms with Crippen LogP contribution in [0.2, 0.25) is 0 Å². The molecule has 4 aromatic rings. The van der Waals surface area contributed by atoms with Gasteiger partial charge in [0.2, 0.25) is 0 Å². The number of urea groups is 1. The Labute approximate surface area is 214 Å². The van der Waals surface area contributed by atoms with E-state index >= 15 is 0 Å². The van der Waals surface area contributed by atoms with E-state index in [0.717, 1.165) is 56.7 Å². The fourth-order valence-corrected chi connectivity index (χ4v) is 4.90. The lowest BCUT2D eigenvalue weighted by molar-refractivity contribution is 0.192. The molecule has 1 fully saturated rings. The van der Waals surface area contributed by atoms with E-state index in [0.29, 0.717) is 13.1 Å². The molecule has 3 aromatic heterocycles. The molecule has 1 aromatic carbocycles. The molecule has 0 spiro atoms. The van der Waals surface area contributed by atoms with E-state index < -0.39 is 0 Å². The summed E-state index contributed by atoms with van der Waals surface area (Å²) in [4.78, 5) is 23.9. The van der Waals surface area contributed by atoms with E-state index in [4.69, 9.17) is 4.98 Å². The second-order valence-electron chi connectivity index (χ2n) is 8.23. The van der Waals surface area contributed by atoms with Crippen molar-refractivity contribution in [2.45, 2.75) is 25.3 Å². The van der Waals surface area contributed by atoms with Gasteiger partial charge in [-0.25, -0.2) is 9.78 Å². The number of fused-ring (bicyclic) bond motifs is 1. The molecule has 0 radical (unpaired) electrons. The molecule has 0 aliphatic carbocycles. The molecule has 2 amide bonds. The molecule has 5 rings (SSSR count). The van der Waals surface area contributed by atoms with Gasteiger partial charge in [0.15, 0.2) is 5.65 Å². The van der Waals surface area contributed by atoms with Crippen LogP contribution < -0.4 is 10.6 Å². The summed E-state index contributed by atoms with van der Waals surface area (Å²) in [5.74, 6) is 0.984. The predicted octanol–water partition coefficient (Wildman–Crippen LogP) is 5.67. The summed E-state index contributed by atoms with van der Waals surface area (Å²) >= 11 is 7.02. The number of rotatable bonds is 5. The van der Waals surface area contributed by atoms with E-state index in [9.17, 15) is 4.79 Å². The number of nitrogens with one attached hydrogen (secondary N) is 2. The smallest absolute Gasteiger partial charge is 0.321 e. The van der Waals surface area contributed by atoms with Crippen LogP contribution in [0.25, 0.3) is 5.65 Å². The van der Waals surface area contributed by atoms with Gasteiger partial charge in [-0.2, -0.15) is 9.61 Å². The highest BCUT2D eigenvalue weighted by molar-refractivity contribution is 9.11. The lowest BCUT2D eigenvalue weighted by Gasteiger charge is -2.32. The molecular weight excluding hydrogens is 562 g/mol.